The first-order valence-corrected chi connectivity index (χ1v) is 6.87. The first-order chi connectivity index (χ1) is 9.99. The highest BCUT2D eigenvalue weighted by molar-refractivity contribution is 6.52. The van der Waals surface area contributed by atoms with Gasteiger partial charge in [0.25, 0.3) is 11.7 Å². The Balaban J connectivity index is 2.08. The zero-order valence-corrected chi connectivity index (χ0v) is 12.3. The number of ketones is 1. The Morgan fingerprint density at radius 3 is 2.57 bits per heavy atom. The predicted octanol–water partition coefficient (Wildman–Crippen LogP) is 2.74. The molecule has 21 heavy (non-hydrogen) atoms. The summed E-state index contributed by atoms with van der Waals surface area (Å²) in [4.78, 5) is 30.3. The fraction of sp³-hybridized carbons (Fsp3) is 0.235. The van der Waals surface area contributed by atoms with Crippen LogP contribution in [-0.4, -0.2) is 16.7 Å². The van der Waals surface area contributed by atoms with Gasteiger partial charge in [-0.1, -0.05) is 12.1 Å². The van der Waals surface area contributed by atoms with Crippen molar-refractivity contribution in [1.82, 2.24) is 4.98 Å². The number of carbonyl (C=O) groups is 2. The zero-order valence-electron chi connectivity index (χ0n) is 12.3. The van der Waals surface area contributed by atoms with Crippen LogP contribution in [-0.2, 0) is 11.3 Å². The fourth-order valence-electron chi connectivity index (χ4n) is 2.82. The number of fused-ring (bicyclic) bond motifs is 1. The molecule has 106 valence electrons. The monoisotopic (exact) mass is 280 g/mol. The van der Waals surface area contributed by atoms with Gasteiger partial charge < -0.3 is 0 Å². The Hall–Kier alpha value is -2.49. The van der Waals surface area contributed by atoms with E-state index >= 15 is 0 Å². The third-order valence-corrected chi connectivity index (χ3v) is 3.82. The Kier molecular flexibility index (Phi) is 3.09. The van der Waals surface area contributed by atoms with Gasteiger partial charge in [-0.25, -0.2) is 0 Å². The number of nitrogens with zero attached hydrogens (tertiary/aromatic N) is 2. The molecule has 0 atom stereocenters. The van der Waals surface area contributed by atoms with E-state index < -0.39 is 11.7 Å². The summed E-state index contributed by atoms with van der Waals surface area (Å²) in [7, 11) is 0. The molecule has 0 spiro atoms. The van der Waals surface area contributed by atoms with Crippen LogP contribution in [0, 0.1) is 20.8 Å². The molecule has 0 saturated carbocycles. The quantitative estimate of drug-likeness (QED) is 0.795. The van der Waals surface area contributed by atoms with Crippen molar-refractivity contribution < 1.29 is 9.59 Å². The minimum Gasteiger partial charge on any atom is -0.298 e. The highest BCUT2D eigenvalue weighted by atomic mass is 16.2. The molecule has 2 heterocycles. The maximum Gasteiger partial charge on any atom is 0.299 e. The number of amides is 1. The second-order valence-electron chi connectivity index (χ2n) is 5.47. The summed E-state index contributed by atoms with van der Waals surface area (Å²) in [5.74, 6) is -0.894. The highest BCUT2D eigenvalue weighted by Crippen LogP contribution is 2.34. The van der Waals surface area contributed by atoms with Gasteiger partial charge in [0.1, 0.15) is 0 Å². The van der Waals surface area contributed by atoms with Crippen molar-refractivity contribution in [2.24, 2.45) is 0 Å². The van der Waals surface area contributed by atoms with Gasteiger partial charge in [0.05, 0.1) is 23.5 Å². The van der Waals surface area contributed by atoms with Crippen LogP contribution in [0.1, 0.15) is 32.7 Å². The van der Waals surface area contributed by atoms with Crippen LogP contribution in [0.25, 0.3) is 0 Å². The van der Waals surface area contributed by atoms with Gasteiger partial charge in [-0.05, 0) is 49.6 Å². The fourth-order valence-corrected chi connectivity index (χ4v) is 2.82. The van der Waals surface area contributed by atoms with Crippen LogP contribution < -0.4 is 4.90 Å². The van der Waals surface area contributed by atoms with E-state index in [-0.39, 0.29) is 0 Å². The van der Waals surface area contributed by atoms with E-state index in [1.165, 1.54) is 0 Å². The average molecular weight is 280 g/mol. The van der Waals surface area contributed by atoms with Crippen LogP contribution in [0.3, 0.4) is 0 Å². The number of hydrogen-bond donors (Lipinski definition) is 0. The van der Waals surface area contributed by atoms with Crippen LogP contribution in [0.4, 0.5) is 5.69 Å². The molecule has 4 nitrogen and oxygen atoms in total. The third kappa shape index (κ3) is 2.13. The van der Waals surface area contributed by atoms with E-state index in [0.29, 0.717) is 12.1 Å². The lowest BCUT2D eigenvalue weighted by molar-refractivity contribution is -0.114. The van der Waals surface area contributed by atoms with Crippen LogP contribution in [0.2, 0.25) is 0 Å². The van der Waals surface area contributed by atoms with E-state index in [2.05, 4.69) is 4.98 Å². The molecule has 4 heteroatoms. The lowest BCUT2D eigenvalue weighted by Gasteiger charge is -2.19. The Morgan fingerprint density at radius 2 is 1.86 bits per heavy atom. The second-order valence-corrected chi connectivity index (χ2v) is 5.47. The lowest BCUT2D eigenvalue weighted by atomic mass is 10.0. The number of aromatic nitrogens is 1. The molecule has 0 N–H and O–H groups in total. The minimum absolute atomic E-state index is 0.328. The molecule has 1 aromatic heterocycles. The SMILES string of the molecule is Cc1cc(C)c2c(c1)C(=O)C(=O)N2Cc1ncccc1C. The largest absolute Gasteiger partial charge is 0.299 e. The summed E-state index contributed by atoms with van der Waals surface area (Å²) in [5, 5.41) is 0. The van der Waals surface area contributed by atoms with Crippen LogP contribution in [0.5, 0.6) is 0 Å². The molecule has 1 aliphatic heterocycles. The Bertz CT molecular complexity index is 765. The number of hydrogen-bond acceptors (Lipinski definition) is 3. The van der Waals surface area contributed by atoms with E-state index in [0.717, 1.165) is 28.1 Å². The molecular weight excluding hydrogens is 264 g/mol. The smallest absolute Gasteiger partial charge is 0.298 e. The van der Waals surface area contributed by atoms with Crippen molar-refractivity contribution in [2.45, 2.75) is 27.3 Å². The van der Waals surface area contributed by atoms with Crippen molar-refractivity contribution in [3.8, 4) is 0 Å². The number of anilines is 1. The molecule has 1 amide bonds. The molecule has 0 radical (unpaired) electrons. The number of benzene rings is 1. The molecule has 0 aliphatic carbocycles. The predicted molar refractivity (Wildman–Crippen MR) is 80.4 cm³/mol. The summed E-state index contributed by atoms with van der Waals surface area (Å²) in [6.07, 6.45) is 1.70. The maximum absolute atomic E-state index is 12.3. The van der Waals surface area contributed by atoms with Crippen molar-refractivity contribution in [2.75, 3.05) is 4.90 Å². The van der Waals surface area contributed by atoms with Crippen molar-refractivity contribution in [1.29, 1.82) is 0 Å². The minimum atomic E-state index is -0.469. The molecule has 0 bridgehead atoms. The molecule has 3 rings (SSSR count). The maximum atomic E-state index is 12.3. The van der Waals surface area contributed by atoms with Crippen molar-refractivity contribution in [3.63, 3.8) is 0 Å². The topological polar surface area (TPSA) is 50.3 Å². The number of Topliss-reactive ketones (excluding diaryl/α,β-unsaturated/α-hetero) is 1. The van der Waals surface area contributed by atoms with Gasteiger partial charge in [-0.2, -0.15) is 0 Å². The molecule has 2 aromatic rings. The number of carbonyl (C=O) groups excluding carboxylic acids is 2. The molecule has 0 unspecified atom stereocenters. The van der Waals surface area contributed by atoms with Crippen LogP contribution in [0.15, 0.2) is 30.5 Å². The molecular formula is C17H16N2O2. The standard InChI is InChI=1S/C17H16N2O2/c1-10-7-12(3)15-13(8-10)16(20)17(21)19(15)9-14-11(2)5-4-6-18-14/h4-8H,9H2,1-3H3. The number of pyridine rings is 1. The van der Waals surface area contributed by atoms with E-state index in [1.807, 2.05) is 39.0 Å². The summed E-state index contributed by atoms with van der Waals surface area (Å²) < 4.78 is 0. The van der Waals surface area contributed by atoms with E-state index in [4.69, 9.17) is 0 Å². The van der Waals surface area contributed by atoms with Gasteiger partial charge in [0.2, 0.25) is 0 Å². The van der Waals surface area contributed by atoms with Gasteiger partial charge in [-0.15, -0.1) is 0 Å². The van der Waals surface area contributed by atoms with Crippen molar-refractivity contribution >= 4 is 17.4 Å². The summed E-state index contributed by atoms with van der Waals surface area (Å²) in [6.45, 7) is 6.13. The summed E-state index contributed by atoms with van der Waals surface area (Å²) >= 11 is 0. The first-order valence-electron chi connectivity index (χ1n) is 6.87. The first kappa shape index (κ1) is 13.5. The van der Waals surface area contributed by atoms with Gasteiger partial charge in [0, 0.05) is 6.20 Å². The van der Waals surface area contributed by atoms with E-state index in [9.17, 15) is 9.59 Å². The molecule has 1 aliphatic rings. The second kappa shape index (κ2) is 4.81. The van der Waals surface area contributed by atoms with Gasteiger partial charge in [0.15, 0.2) is 0 Å². The highest BCUT2D eigenvalue weighted by Gasteiger charge is 2.37. The molecule has 0 fully saturated rings. The molecule has 0 saturated heterocycles. The lowest BCUT2D eigenvalue weighted by Crippen LogP contribution is -2.30. The number of aryl methyl sites for hydroxylation is 3. The Labute approximate surface area is 123 Å². The van der Waals surface area contributed by atoms with Crippen LogP contribution >= 0.6 is 0 Å². The zero-order chi connectivity index (χ0) is 15.1. The number of rotatable bonds is 2. The summed E-state index contributed by atoms with van der Waals surface area (Å²) in [6, 6.07) is 7.59. The van der Waals surface area contributed by atoms with E-state index in [1.54, 1.807) is 17.2 Å². The van der Waals surface area contributed by atoms with Gasteiger partial charge in [-0.3, -0.25) is 19.5 Å². The van der Waals surface area contributed by atoms with Gasteiger partial charge >= 0.3 is 0 Å². The average Bonchev–Trinajstić information content (AvgIpc) is 2.67. The Morgan fingerprint density at radius 1 is 1.10 bits per heavy atom. The van der Waals surface area contributed by atoms with Crippen molar-refractivity contribution in [3.05, 3.63) is 58.4 Å². The summed E-state index contributed by atoms with van der Waals surface area (Å²) in [5.41, 5.74) is 4.98. The third-order valence-electron chi connectivity index (χ3n) is 3.82. The molecule has 1 aromatic carbocycles. The normalized spacial score (nSPS) is 13.8.